The third-order valence-electron chi connectivity index (χ3n) is 5.58. The van der Waals surface area contributed by atoms with Crippen LogP contribution in [-0.4, -0.2) is 11.7 Å². The third kappa shape index (κ3) is 2.21. The minimum Gasteiger partial charge on any atom is -0.291 e. The number of para-hydroxylation sites is 1. The Labute approximate surface area is 161 Å². The number of benzene rings is 3. The fourth-order valence-electron chi connectivity index (χ4n) is 4.32. The van der Waals surface area contributed by atoms with Crippen molar-refractivity contribution in [1.82, 2.24) is 0 Å². The van der Waals surface area contributed by atoms with Crippen LogP contribution in [0.5, 0.6) is 0 Å². The third-order valence-corrected chi connectivity index (χ3v) is 5.58. The SMILES string of the molecule is O=C1C=C(c2ccccc2)C[C@]2(c3ccc(F)cc3)C(=O)c3ccccc3N12. The van der Waals surface area contributed by atoms with Crippen molar-refractivity contribution in [3.63, 3.8) is 0 Å². The van der Waals surface area contributed by atoms with Gasteiger partial charge >= 0.3 is 0 Å². The first-order valence-corrected chi connectivity index (χ1v) is 9.11. The van der Waals surface area contributed by atoms with Crippen LogP contribution in [0.3, 0.4) is 0 Å². The summed E-state index contributed by atoms with van der Waals surface area (Å²) < 4.78 is 13.6. The smallest absolute Gasteiger partial charge is 0.252 e. The van der Waals surface area contributed by atoms with E-state index >= 15 is 0 Å². The standard InChI is InChI=1S/C24H16FNO2/c25-19-12-10-18(11-13-19)24-15-17(16-6-2-1-3-7-16)14-22(27)26(24)21-9-5-4-8-20(21)23(24)28/h1-14H,15H2/t24-/m0/s1. The second kappa shape index (κ2) is 5.99. The first kappa shape index (κ1) is 16.6. The number of nitrogens with zero attached hydrogens (tertiary/aromatic N) is 1. The van der Waals surface area contributed by atoms with Crippen molar-refractivity contribution in [2.24, 2.45) is 0 Å². The van der Waals surface area contributed by atoms with Gasteiger partial charge in [-0.05, 0) is 41.0 Å². The van der Waals surface area contributed by atoms with Crippen molar-refractivity contribution in [3.8, 4) is 0 Å². The number of carbonyl (C=O) groups excluding carboxylic acids is 2. The van der Waals surface area contributed by atoms with E-state index in [1.807, 2.05) is 36.4 Å². The van der Waals surface area contributed by atoms with Crippen molar-refractivity contribution in [2.75, 3.05) is 4.90 Å². The molecular formula is C24H16FNO2. The molecule has 1 amide bonds. The molecule has 0 saturated heterocycles. The Hall–Kier alpha value is -3.53. The monoisotopic (exact) mass is 369 g/mol. The van der Waals surface area contributed by atoms with Crippen LogP contribution >= 0.6 is 0 Å². The highest BCUT2D eigenvalue weighted by atomic mass is 19.1. The van der Waals surface area contributed by atoms with E-state index < -0.39 is 5.54 Å². The lowest BCUT2D eigenvalue weighted by Gasteiger charge is -2.41. The zero-order valence-corrected chi connectivity index (χ0v) is 14.9. The minimum absolute atomic E-state index is 0.135. The summed E-state index contributed by atoms with van der Waals surface area (Å²) >= 11 is 0. The Kier molecular flexibility index (Phi) is 3.56. The minimum atomic E-state index is -1.20. The van der Waals surface area contributed by atoms with Gasteiger partial charge in [-0.3, -0.25) is 14.5 Å². The summed E-state index contributed by atoms with van der Waals surface area (Å²) in [5.41, 5.74) is 2.24. The summed E-state index contributed by atoms with van der Waals surface area (Å²) in [5, 5.41) is 0. The molecule has 2 heterocycles. The number of Topliss-reactive ketones (excluding diaryl/α,β-unsaturated/α-hetero) is 1. The van der Waals surface area contributed by atoms with Crippen LogP contribution in [-0.2, 0) is 10.3 Å². The zero-order chi connectivity index (χ0) is 19.3. The van der Waals surface area contributed by atoms with Crippen molar-refractivity contribution >= 4 is 23.0 Å². The molecular weight excluding hydrogens is 353 g/mol. The normalized spacial score (nSPS) is 20.6. The summed E-state index contributed by atoms with van der Waals surface area (Å²) in [4.78, 5) is 28.5. The van der Waals surface area contributed by atoms with Gasteiger partial charge in [0.25, 0.3) is 5.91 Å². The molecule has 0 spiro atoms. The van der Waals surface area contributed by atoms with E-state index in [0.29, 0.717) is 23.2 Å². The second-order valence-electron chi connectivity index (χ2n) is 7.10. The van der Waals surface area contributed by atoms with Gasteiger partial charge < -0.3 is 0 Å². The lowest BCUT2D eigenvalue weighted by Crippen LogP contribution is -2.52. The van der Waals surface area contributed by atoms with Crippen LogP contribution in [0.15, 0.2) is 84.9 Å². The van der Waals surface area contributed by atoms with Gasteiger partial charge in [0.1, 0.15) is 11.4 Å². The van der Waals surface area contributed by atoms with Crippen molar-refractivity contribution in [3.05, 3.63) is 107 Å². The fourth-order valence-corrected chi connectivity index (χ4v) is 4.32. The number of amides is 1. The number of fused-ring (bicyclic) bond motifs is 3. The molecule has 5 rings (SSSR count). The van der Waals surface area contributed by atoms with Gasteiger partial charge in [-0.25, -0.2) is 4.39 Å². The van der Waals surface area contributed by atoms with E-state index in [9.17, 15) is 14.0 Å². The molecule has 3 aromatic carbocycles. The highest BCUT2D eigenvalue weighted by Crippen LogP contribution is 2.51. The molecule has 0 N–H and O–H groups in total. The number of hydrogen-bond donors (Lipinski definition) is 0. The number of rotatable bonds is 2. The Morgan fingerprint density at radius 1 is 0.821 bits per heavy atom. The Morgan fingerprint density at radius 3 is 2.25 bits per heavy atom. The molecule has 0 bridgehead atoms. The summed E-state index contributed by atoms with van der Waals surface area (Å²) in [6.45, 7) is 0. The van der Waals surface area contributed by atoms with Gasteiger partial charge in [0.15, 0.2) is 5.78 Å². The van der Waals surface area contributed by atoms with E-state index in [2.05, 4.69) is 0 Å². The van der Waals surface area contributed by atoms with E-state index in [1.165, 1.54) is 12.1 Å². The lowest BCUT2D eigenvalue weighted by atomic mass is 9.76. The van der Waals surface area contributed by atoms with Crippen LogP contribution in [0.1, 0.15) is 27.9 Å². The summed E-state index contributed by atoms with van der Waals surface area (Å²) in [6.07, 6.45) is 1.94. The number of halogens is 1. The van der Waals surface area contributed by atoms with Crippen molar-refractivity contribution in [1.29, 1.82) is 0 Å². The van der Waals surface area contributed by atoms with E-state index in [1.54, 1.807) is 41.3 Å². The molecule has 0 radical (unpaired) electrons. The quantitative estimate of drug-likeness (QED) is 0.654. The van der Waals surface area contributed by atoms with Crippen molar-refractivity contribution < 1.29 is 14.0 Å². The van der Waals surface area contributed by atoms with Crippen LogP contribution in [0.25, 0.3) is 5.57 Å². The molecule has 136 valence electrons. The number of ketones is 1. The van der Waals surface area contributed by atoms with Crippen LogP contribution in [0.2, 0.25) is 0 Å². The first-order chi connectivity index (χ1) is 13.6. The highest BCUT2D eigenvalue weighted by Gasteiger charge is 2.56. The van der Waals surface area contributed by atoms with Gasteiger partial charge in [-0.15, -0.1) is 0 Å². The van der Waals surface area contributed by atoms with Gasteiger partial charge in [0.05, 0.1) is 5.69 Å². The Balaban J connectivity index is 1.76. The molecule has 0 saturated carbocycles. The molecule has 0 aliphatic carbocycles. The molecule has 2 aliphatic rings. The van der Waals surface area contributed by atoms with Gasteiger partial charge in [0, 0.05) is 18.1 Å². The molecule has 28 heavy (non-hydrogen) atoms. The van der Waals surface area contributed by atoms with E-state index in [0.717, 1.165) is 11.1 Å². The van der Waals surface area contributed by atoms with E-state index in [-0.39, 0.29) is 17.5 Å². The highest BCUT2D eigenvalue weighted by molar-refractivity contribution is 6.25. The second-order valence-corrected chi connectivity index (χ2v) is 7.10. The molecule has 0 unspecified atom stereocenters. The topological polar surface area (TPSA) is 37.4 Å². The molecule has 0 fully saturated rings. The predicted octanol–water partition coefficient (Wildman–Crippen LogP) is 4.74. The Bertz CT molecular complexity index is 1130. The Morgan fingerprint density at radius 2 is 1.50 bits per heavy atom. The largest absolute Gasteiger partial charge is 0.291 e. The average molecular weight is 369 g/mol. The van der Waals surface area contributed by atoms with Crippen LogP contribution in [0.4, 0.5) is 10.1 Å². The average Bonchev–Trinajstić information content (AvgIpc) is 2.99. The summed E-state index contributed by atoms with van der Waals surface area (Å²) in [7, 11) is 0. The number of hydrogen-bond acceptors (Lipinski definition) is 2. The zero-order valence-electron chi connectivity index (χ0n) is 14.9. The number of anilines is 1. The van der Waals surface area contributed by atoms with Crippen LogP contribution < -0.4 is 4.90 Å². The molecule has 2 aliphatic heterocycles. The maximum absolute atomic E-state index is 13.6. The van der Waals surface area contributed by atoms with E-state index in [4.69, 9.17) is 0 Å². The lowest BCUT2D eigenvalue weighted by molar-refractivity contribution is -0.115. The first-order valence-electron chi connectivity index (χ1n) is 9.11. The maximum atomic E-state index is 13.6. The summed E-state index contributed by atoms with van der Waals surface area (Å²) in [5.74, 6) is -0.757. The molecule has 1 atom stereocenters. The van der Waals surface area contributed by atoms with Gasteiger partial charge in [-0.2, -0.15) is 0 Å². The fraction of sp³-hybridized carbons (Fsp3) is 0.0833. The molecule has 3 aromatic rings. The van der Waals surface area contributed by atoms with Gasteiger partial charge in [0.2, 0.25) is 0 Å². The van der Waals surface area contributed by atoms with Crippen LogP contribution in [0, 0.1) is 5.82 Å². The molecule has 3 nitrogen and oxygen atoms in total. The summed E-state index contributed by atoms with van der Waals surface area (Å²) in [6, 6.07) is 22.6. The predicted molar refractivity (Wildman–Crippen MR) is 105 cm³/mol. The molecule has 4 heteroatoms. The maximum Gasteiger partial charge on any atom is 0.252 e. The van der Waals surface area contributed by atoms with Crippen molar-refractivity contribution in [2.45, 2.75) is 12.0 Å². The number of carbonyl (C=O) groups is 2. The van der Waals surface area contributed by atoms with Gasteiger partial charge in [-0.1, -0.05) is 54.6 Å². The molecule has 0 aromatic heterocycles.